The van der Waals surface area contributed by atoms with Crippen LogP contribution in [0, 0.1) is 12.8 Å². The highest BCUT2D eigenvalue weighted by atomic mass is 19.4. The van der Waals surface area contributed by atoms with Crippen molar-refractivity contribution in [1.29, 1.82) is 0 Å². The van der Waals surface area contributed by atoms with Gasteiger partial charge in [-0.05, 0) is 63.4 Å². The lowest BCUT2D eigenvalue weighted by atomic mass is 9.96. The second kappa shape index (κ2) is 8.90. The van der Waals surface area contributed by atoms with Gasteiger partial charge in [-0.3, -0.25) is 4.90 Å². The minimum Gasteiger partial charge on any atom is -0.484 e. The van der Waals surface area contributed by atoms with Crippen LogP contribution >= 0.6 is 0 Å². The van der Waals surface area contributed by atoms with Crippen LogP contribution in [0.15, 0.2) is 24.3 Å². The van der Waals surface area contributed by atoms with Crippen molar-refractivity contribution in [2.75, 3.05) is 38.2 Å². The molecule has 2 aromatic heterocycles. The summed E-state index contributed by atoms with van der Waals surface area (Å²) in [6.07, 6.45) is -2.39. The summed E-state index contributed by atoms with van der Waals surface area (Å²) >= 11 is 0. The maximum atomic E-state index is 13.0. The second-order valence-corrected chi connectivity index (χ2v) is 8.18. The number of likely N-dealkylation sites (tertiary alicyclic amines) is 1. The molecule has 1 saturated heterocycles. The number of halogens is 3. The standard InChI is InChI=1S/C22H27F3N4O2/c1-14-10-17(11-20(27-14)22(23,24)25)26-12-16-4-3-7-29(13-16)15(2)18-5-6-19-21(28-18)31-9-8-30-19/h5-6,10-11,15-16H,3-4,7-9,12-13H2,1-2H3,(H,26,27)/t15-,16-/m0/s1. The van der Waals surface area contributed by atoms with Crippen molar-refractivity contribution in [2.24, 2.45) is 5.92 Å². The van der Waals surface area contributed by atoms with Crippen LogP contribution in [0.4, 0.5) is 18.9 Å². The lowest BCUT2D eigenvalue weighted by Gasteiger charge is -2.37. The first-order chi connectivity index (χ1) is 14.8. The molecule has 0 aromatic carbocycles. The van der Waals surface area contributed by atoms with Gasteiger partial charge in [-0.1, -0.05) is 0 Å². The number of nitrogens with zero attached hydrogens (tertiary/aromatic N) is 3. The molecule has 1 N–H and O–H groups in total. The van der Waals surface area contributed by atoms with E-state index in [4.69, 9.17) is 9.47 Å². The number of alkyl halides is 3. The highest BCUT2D eigenvalue weighted by molar-refractivity contribution is 5.46. The van der Waals surface area contributed by atoms with E-state index in [2.05, 4.69) is 27.1 Å². The van der Waals surface area contributed by atoms with Crippen molar-refractivity contribution in [3.63, 3.8) is 0 Å². The quantitative estimate of drug-likeness (QED) is 0.747. The van der Waals surface area contributed by atoms with Crippen molar-refractivity contribution in [1.82, 2.24) is 14.9 Å². The summed E-state index contributed by atoms with van der Waals surface area (Å²) in [7, 11) is 0. The van der Waals surface area contributed by atoms with Crippen molar-refractivity contribution in [3.8, 4) is 11.6 Å². The maximum Gasteiger partial charge on any atom is 0.433 e. The molecular formula is C22H27F3N4O2. The van der Waals surface area contributed by atoms with Gasteiger partial charge in [0.15, 0.2) is 5.75 Å². The van der Waals surface area contributed by atoms with Crippen molar-refractivity contribution < 1.29 is 22.6 Å². The number of piperidine rings is 1. The van der Waals surface area contributed by atoms with Crippen molar-refractivity contribution in [2.45, 2.75) is 38.9 Å². The molecule has 0 saturated carbocycles. The third-order valence-electron chi connectivity index (χ3n) is 5.79. The molecule has 0 unspecified atom stereocenters. The summed E-state index contributed by atoms with van der Waals surface area (Å²) < 4.78 is 50.2. The molecule has 2 aromatic rings. The van der Waals surface area contributed by atoms with E-state index in [1.165, 1.54) is 0 Å². The Hall–Kier alpha value is -2.55. The zero-order valence-corrected chi connectivity index (χ0v) is 17.7. The van der Waals surface area contributed by atoms with Gasteiger partial charge in [-0.2, -0.15) is 13.2 Å². The molecule has 6 nitrogen and oxygen atoms in total. The van der Waals surface area contributed by atoms with Crippen LogP contribution in [0.3, 0.4) is 0 Å². The largest absolute Gasteiger partial charge is 0.484 e. The van der Waals surface area contributed by atoms with E-state index >= 15 is 0 Å². The van der Waals surface area contributed by atoms with E-state index in [0.717, 1.165) is 37.7 Å². The summed E-state index contributed by atoms with van der Waals surface area (Å²) in [5.74, 6) is 1.55. The van der Waals surface area contributed by atoms with Crippen molar-refractivity contribution in [3.05, 3.63) is 41.3 Å². The first-order valence-corrected chi connectivity index (χ1v) is 10.6. The summed E-state index contributed by atoms with van der Waals surface area (Å²) in [6.45, 7) is 7.14. The molecule has 2 aliphatic heterocycles. The number of hydrogen-bond acceptors (Lipinski definition) is 6. The Morgan fingerprint density at radius 1 is 1.19 bits per heavy atom. The topological polar surface area (TPSA) is 59.5 Å². The third kappa shape index (κ3) is 5.20. The number of nitrogens with one attached hydrogen (secondary N) is 1. The number of rotatable bonds is 5. The summed E-state index contributed by atoms with van der Waals surface area (Å²) in [6, 6.07) is 6.71. The van der Waals surface area contributed by atoms with E-state index in [-0.39, 0.29) is 6.04 Å². The minimum atomic E-state index is -4.45. The molecule has 9 heteroatoms. The Bertz CT molecular complexity index is 922. The van der Waals surface area contributed by atoms with Crippen LogP contribution in [0.5, 0.6) is 11.6 Å². The molecule has 0 aliphatic carbocycles. The number of hydrogen-bond donors (Lipinski definition) is 1. The highest BCUT2D eigenvalue weighted by Crippen LogP contribution is 2.33. The highest BCUT2D eigenvalue weighted by Gasteiger charge is 2.33. The average molecular weight is 436 g/mol. The van der Waals surface area contributed by atoms with Gasteiger partial charge in [-0.15, -0.1) is 0 Å². The van der Waals surface area contributed by atoms with E-state index < -0.39 is 11.9 Å². The SMILES string of the molecule is Cc1cc(NC[C@@H]2CCCN([C@@H](C)c3ccc4c(n3)OCCO4)C2)cc(C(F)(F)F)n1. The molecule has 31 heavy (non-hydrogen) atoms. The number of aryl methyl sites for hydroxylation is 1. The Morgan fingerprint density at radius 3 is 2.81 bits per heavy atom. The number of aromatic nitrogens is 2. The second-order valence-electron chi connectivity index (χ2n) is 8.18. The number of fused-ring (bicyclic) bond motifs is 1. The number of pyridine rings is 2. The van der Waals surface area contributed by atoms with Gasteiger partial charge >= 0.3 is 6.18 Å². The fraction of sp³-hybridized carbons (Fsp3) is 0.545. The van der Waals surface area contributed by atoms with Gasteiger partial charge in [0.1, 0.15) is 18.9 Å². The number of ether oxygens (including phenoxy) is 2. The van der Waals surface area contributed by atoms with Crippen LogP contribution < -0.4 is 14.8 Å². The van der Waals surface area contributed by atoms with Gasteiger partial charge in [-0.25, -0.2) is 9.97 Å². The molecule has 1 fully saturated rings. The monoisotopic (exact) mass is 436 g/mol. The van der Waals surface area contributed by atoms with Crippen LogP contribution in [0.25, 0.3) is 0 Å². The summed E-state index contributed by atoms with van der Waals surface area (Å²) in [5.41, 5.74) is 0.871. The molecule has 2 aliphatic rings. The van der Waals surface area contributed by atoms with Crippen LogP contribution in [0.2, 0.25) is 0 Å². The molecule has 0 spiro atoms. The van der Waals surface area contributed by atoms with Crippen LogP contribution in [0.1, 0.15) is 42.9 Å². The Morgan fingerprint density at radius 2 is 2.00 bits per heavy atom. The average Bonchev–Trinajstić information content (AvgIpc) is 2.76. The van der Waals surface area contributed by atoms with Crippen LogP contribution in [-0.2, 0) is 6.18 Å². The normalized spacial score (nSPS) is 20.4. The summed E-state index contributed by atoms with van der Waals surface area (Å²) in [4.78, 5) is 10.6. The van der Waals surface area contributed by atoms with Gasteiger partial charge in [0.2, 0.25) is 0 Å². The molecule has 4 rings (SSSR count). The fourth-order valence-electron chi connectivity index (χ4n) is 4.16. The third-order valence-corrected chi connectivity index (χ3v) is 5.79. The minimum absolute atomic E-state index is 0.110. The lowest BCUT2D eigenvalue weighted by Crippen LogP contribution is -2.39. The molecular weight excluding hydrogens is 409 g/mol. The molecule has 2 atom stereocenters. The maximum absolute atomic E-state index is 13.0. The van der Waals surface area contributed by atoms with Gasteiger partial charge < -0.3 is 14.8 Å². The van der Waals surface area contributed by atoms with Gasteiger partial charge in [0.25, 0.3) is 5.88 Å². The van der Waals surface area contributed by atoms with Crippen molar-refractivity contribution >= 4 is 5.69 Å². The molecule has 168 valence electrons. The van der Waals surface area contributed by atoms with E-state index in [0.29, 0.717) is 48.7 Å². The summed E-state index contributed by atoms with van der Waals surface area (Å²) in [5, 5.41) is 3.19. The Labute approximate surface area is 179 Å². The first kappa shape index (κ1) is 21.7. The van der Waals surface area contributed by atoms with E-state index in [1.807, 2.05) is 12.1 Å². The van der Waals surface area contributed by atoms with Gasteiger partial charge in [0.05, 0.1) is 5.69 Å². The Balaban J connectivity index is 1.38. The van der Waals surface area contributed by atoms with Crippen LogP contribution in [-0.4, -0.2) is 47.7 Å². The zero-order valence-electron chi connectivity index (χ0n) is 17.7. The molecule has 0 radical (unpaired) electrons. The lowest BCUT2D eigenvalue weighted by molar-refractivity contribution is -0.141. The smallest absolute Gasteiger partial charge is 0.433 e. The molecule has 4 heterocycles. The zero-order chi connectivity index (χ0) is 22.0. The molecule has 0 bridgehead atoms. The number of anilines is 1. The predicted molar refractivity (Wildman–Crippen MR) is 110 cm³/mol. The van der Waals surface area contributed by atoms with E-state index in [9.17, 15) is 13.2 Å². The Kier molecular flexibility index (Phi) is 6.22. The van der Waals surface area contributed by atoms with Gasteiger partial charge in [0, 0.05) is 30.5 Å². The fourth-order valence-corrected chi connectivity index (χ4v) is 4.16. The first-order valence-electron chi connectivity index (χ1n) is 10.6. The predicted octanol–water partition coefficient (Wildman–Crippen LogP) is 4.46. The molecule has 0 amide bonds. The van der Waals surface area contributed by atoms with E-state index in [1.54, 1.807) is 13.0 Å².